The zero-order valence-electron chi connectivity index (χ0n) is 17.0. The SMILES string of the molecule is CCOC(=O)[C@H](c1cccc(OC)c1)[C@H]1C=C[C@H](NC(=O)c2ccc(F)c(F)c2F)C1. The van der Waals surface area contributed by atoms with Crippen molar-refractivity contribution < 1.29 is 32.2 Å². The van der Waals surface area contributed by atoms with Crippen LogP contribution >= 0.6 is 0 Å². The fraction of sp³-hybridized carbons (Fsp3) is 0.304. The van der Waals surface area contributed by atoms with Crippen LogP contribution in [-0.2, 0) is 9.53 Å². The maximum atomic E-state index is 13.9. The lowest BCUT2D eigenvalue weighted by Gasteiger charge is -2.23. The highest BCUT2D eigenvalue weighted by atomic mass is 19.2. The number of nitrogens with one attached hydrogen (secondary N) is 1. The van der Waals surface area contributed by atoms with Crippen molar-refractivity contribution >= 4 is 11.9 Å². The molecule has 0 saturated carbocycles. The van der Waals surface area contributed by atoms with Crippen molar-refractivity contribution in [3.05, 3.63) is 77.1 Å². The van der Waals surface area contributed by atoms with Crippen LogP contribution in [0, 0.1) is 23.4 Å². The van der Waals surface area contributed by atoms with E-state index in [1.165, 1.54) is 7.11 Å². The molecule has 0 fully saturated rings. The zero-order chi connectivity index (χ0) is 22.5. The number of hydrogen-bond acceptors (Lipinski definition) is 4. The summed E-state index contributed by atoms with van der Waals surface area (Å²) < 4.78 is 50.9. The Morgan fingerprint density at radius 3 is 2.61 bits per heavy atom. The number of methoxy groups -OCH3 is 1. The van der Waals surface area contributed by atoms with Crippen LogP contribution in [0.25, 0.3) is 0 Å². The van der Waals surface area contributed by atoms with Crippen LogP contribution in [0.2, 0.25) is 0 Å². The molecule has 0 heterocycles. The maximum absolute atomic E-state index is 13.9. The number of carbonyl (C=O) groups is 2. The highest BCUT2D eigenvalue weighted by Crippen LogP contribution is 2.35. The van der Waals surface area contributed by atoms with Gasteiger partial charge in [0, 0.05) is 6.04 Å². The van der Waals surface area contributed by atoms with Crippen molar-refractivity contribution in [2.24, 2.45) is 5.92 Å². The molecular weight excluding hydrogens is 411 g/mol. The Morgan fingerprint density at radius 1 is 1.13 bits per heavy atom. The Kier molecular flexibility index (Phi) is 6.99. The van der Waals surface area contributed by atoms with Crippen LogP contribution in [0.1, 0.15) is 35.2 Å². The van der Waals surface area contributed by atoms with E-state index in [1.807, 2.05) is 0 Å². The number of allylic oxidation sites excluding steroid dienone is 1. The van der Waals surface area contributed by atoms with E-state index in [0.29, 0.717) is 23.8 Å². The molecule has 5 nitrogen and oxygen atoms in total. The van der Waals surface area contributed by atoms with Crippen LogP contribution in [0.3, 0.4) is 0 Å². The maximum Gasteiger partial charge on any atom is 0.314 e. The average molecular weight is 433 g/mol. The summed E-state index contributed by atoms with van der Waals surface area (Å²) in [5.74, 6) is -6.24. The Balaban J connectivity index is 1.76. The van der Waals surface area contributed by atoms with E-state index in [0.717, 1.165) is 6.07 Å². The first kappa shape index (κ1) is 22.4. The third-order valence-electron chi connectivity index (χ3n) is 5.13. The molecule has 1 aliphatic rings. The first-order chi connectivity index (χ1) is 14.8. The number of halogens is 3. The summed E-state index contributed by atoms with van der Waals surface area (Å²) in [6.07, 6.45) is 3.82. The van der Waals surface area contributed by atoms with E-state index < -0.39 is 46.9 Å². The van der Waals surface area contributed by atoms with Gasteiger partial charge in [0.25, 0.3) is 5.91 Å². The van der Waals surface area contributed by atoms with E-state index in [2.05, 4.69) is 5.32 Å². The Bertz CT molecular complexity index is 1010. The predicted molar refractivity (Wildman–Crippen MR) is 107 cm³/mol. The first-order valence-electron chi connectivity index (χ1n) is 9.79. The molecule has 2 aromatic rings. The monoisotopic (exact) mass is 433 g/mol. The fourth-order valence-electron chi connectivity index (χ4n) is 3.65. The molecule has 3 atom stereocenters. The molecule has 1 amide bonds. The highest BCUT2D eigenvalue weighted by Gasteiger charge is 2.35. The van der Waals surface area contributed by atoms with Crippen molar-refractivity contribution in [3.63, 3.8) is 0 Å². The second-order valence-corrected chi connectivity index (χ2v) is 7.09. The molecule has 0 spiro atoms. The molecule has 0 saturated heterocycles. The number of carbonyl (C=O) groups excluding carboxylic acids is 2. The normalized spacial score (nSPS) is 18.5. The van der Waals surface area contributed by atoms with Gasteiger partial charge in [0.1, 0.15) is 5.75 Å². The summed E-state index contributed by atoms with van der Waals surface area (Å²) in [6, 6.07) is 8.13. The van der Waals surface area contributed by atoms with Gasteiger partial charge in [-0.15, -0.1) is 0 Å². The molecule has 0 radical (unpaired) electrons. The second kappa shape index (κ2) is 9.68. The zero-order valence-corrected chi connectivity index (χ0v) is 17.0. The average Bonchev–Trinajstić information content (AvgIpc) is 3.20. The minimum Gasteiger partial charge on any atom is -0.497 e. The number of rotatable bonds is 7. The van der Waals surface area contributed by atoms with Crippen molar-refractivity contribution in [2.45, 2.75) is 25.3 Å². The van der Waals surface area contributed by atoms with E-state index in [9.17, 15) is 22.8 Å². The van der Waals surface area contributed by atoms with E-state index in [1.54, 1.807) is 43.3 Å². The molecule has 0 bridgehead atoms. The lowest BCUT2D eigenvalue weighted by atomic mass is 9.85. The summed E-state index contributed by atoms with van der Waals surface area (Å²) in [7, 11) is 1.52. The quantitative estimate of drug-likeness (QED) is 0.405. The van der Waals surface area contributed by atoms with Crippen molar-refractivity contribution in [1.82, 2.24) is 5.32 Å². The predicted octanol–water partition coefficient (Wildman–Crippen LogP) is 4.13. The number of amides is 1. The topological polar surface area (TPSA) is 64.6 Å². The molecular formula is C23H22F3NO4. The molecule has 31 heavy (non-hydrogen) atoms. The standard InChI is InChI=1S/C23H22F3NO4/c1-3-31-23(29)19(13-5-4-6-16(12-13)30-2)14-7-8-15(11-14)27-22(28)17-9-10-18(24)21(26)20(17)25/h4-10,12,14-15,19H,3,11H2,1-2H3,(H,27,28)/t14-,15-,19+/m0/s1. The Hall–Kier alpha value is -3.29. The molecule has 1 aliphatic carbocycles. The van der Waals surface area contributed by atoms with Gasteiger partial charge in [0.15, 0.2) is 17.5 Å². The van der Waals surface area contributed by atoms with Gasteiger partial charge in [-0.3, -0.25) is 9.59 Å². The molecule has 164 valence electrons. The summed E-state index contributed by atoms with van der Waals surface area (Å²) in [5, 5.41) is 2.58. The van der Waals surface area contributed by atoms with Gasteiger partial charge in [-0.1, -0.05) is 24.3 Å². The van der Waals surface area contributed by atoms with Crippen molar-refractivity contribution in [2.75, 3.05) is 13.7 Å². The van der Waals surface area contributed by atoms with Gasteiger partial charge in [-0.05, 0) is 49.1 Å². The molecule has 8 heteroatoms. The second-order valence-electron chi connectivity index (χ2n) is 7.09. The third-order valence-corrected chi connectivity index (χ3v) is 5.13. The molecule has 0 unspecified atom stereocenters. The lowest BCUT2D eigenvalue weighted by molar-refractivity contribution is -0.146. The lowest BCUT2D eigenvalue weighted by Crippen LogP contribution is -2.34. The van der Waals surface area contributed by atoms with Crippen LogP contribution in [-0.4, -0.2) is 31.6 Å². The Morgan fingerprint density at radius 2 is 1.90 bits per heavy atom. The van der Waals surface area contributed by atoms with Crippen LogP contribution < -0.4 is 10.1 Å². The minimum absolute atomic E-state index is 0.214. The van der Waals surface area contributed by atoms with Crippen LogP contribution in [0.5, 0.6) is 5.75 Å². The van der Waals surface area contributed by atoms with Crippen LogP contribution in [0.4, 0.5) is 13.2 Å². The number of benzene rings is 2. The summed E-state index contributed by atoms with van der Waals surface area (Å²) in [4.78, 5) is 25.1. The van der Waals surface area contributed by atoms with Gasteiger partial charge in [0.05, 0.1) is 25.2 Å². The smallest absolute Gasteiger partial charge is 0.314 e. The van der Waals surface area contributed by atoms with Gasteiger partial charge in [-0.25, -0.2) is 13.2 Å². The molecule has 0 aromatic heterocycles. The third kappa shape index (κ3) is 4.90. The number of hydrogen-bond donors (Lipinski definition) is 1. The van der Waals surface area contributed by atoms with E-state index in [-0.39, 0.29) is 12.5 Å². The number of esters is 1. The summed E-state index contributed by atoms with van der Waals surface area (Å²) >= 11 is 0. The van der Waals surface area contributed by atoms with Crippen molar-refractivity contribution in [1.29, 1.82) is 0 Å². The first-order valence-corrected chi connectivity index (χ1v) is 9.79. The van der Waals surface area contributed by atoms with Gasteiger partial charge >= 0.3 is 5.97 Å². The Labute approximate surface area is 177 Å². The summed E-state index contributed by atoms with van der Waals surface area (Å²) in [6.45, 7) is 1.93. The minimum atomic E-state index is -1.70. The van der Waals surface area contributed by atoms with Crippen LogP contribution in [0.15, 0.2) is 48.6 Å². The molecule has 2 aromatic carbocycles. The van der Waals surface area contributed by atoms with Crippen molar-refractivity contribution in [3.8, 4) is 5.75 Å². The molecule has 0 aliphatic heterocycles. The number of ether oxygens (including phenoxy) is 2. The van der Waals surface area contributed by atoms with E-state index in [4.69, 9.17) is 9.47 Å². The van der Waals surface area contributed by atoms with E-state index >= 15 is 0 Å². The highest BCUT2D eigenvalue weighted by molar-refractivity contribution is 5.94. The largest absolute Gasteiger partial charge is 0.497 e. The van der Waals surface area contributed by atoms with Gasteiger partial charge in [-0.2, -0.15) is 0 Å². The fourth-order valence-corrected chi connectivity index (χ4v) is 3.65. The van der Waals surface area contributed by atoms with Gasteiger partial charge in [0.2, 0.25) is 0 Å². The summed E-state index contributed by atoms with van der Waals surface area (Å²) in [5.41, 5.74) is 0.108. The van der Waals surface area contributed by atoms with Gasteiger partial charge < -0.3 is 14.8 Å². The molecule has 1 N–H and O–H groups in total. The molecule has 3 rings (SSSR count).